The molecule has 156 valence electrons. The second kappa shape index (κ2) is 8.26. The molecule has 5 rings (SSSR count). The van der Waals surface area contributed by atoms with Crippen molar-refractivity contribution in [1.82, 2.24) is 4.90 Å². The lowest BCUT2D eigenvalue weighted by atomic mass is 10.1. The zero-order valence-electron chi connectivity index (χ0n) is 17.3. The quantitative estimate of drug-likeness (QED) is 0.459. The van der Waals surface area contributed by atoms with Crippen molar-refractivity contribution in [3.8, 4) is 0 Å². The van der Waals surface area contributed by atoms with E-state index in [1.165, 1.54) is 0 Å². The molecular weight excluding hydrogens is 388 g/mol. The zero-order valence-corrected chi connectivity index (χ0v) is 17.3. The van der Waals surface area contributed by atoms with E-state index in [9.17, 15) is 9.59 Å². The summed E-state index contributed by atoms with van der Waals surface area (Å²) >= 11 is 0. The van der Waals surface area contributed by atoms with Gasteiger partial charge < -0.3 is 14.6 Å². The maximum atomic E-state index is 13.1. The van der Waals surface area contributed by atoms with Crippen LogP contribution < -0.4 is 5.32 Å². The van der Waals surface area contributed by atoms with Crippen molar-refractivity contribution in [2.45, 2.75) is 25.7 Å². The van der Waals surface area contributed by atoms with Crippen molar-refractivity contribution >= 4 is 39.2 Å². The first kappa shape index (κ1) is 19.4. The van der Waals surface area contributed by atoms with E-state index in [2.05, 4.69) is 5.32 Å². The average Bonchev–Trinajstić information content (AvgIpc) is 3.07. The molecule has 4 aromatic rings. The van der Waals surface area contributed by atoms with Crippen LogP contribution in [0.4, 0.5) is 5.69 Å². The summed E-state index contributed by atoms with van der Waals surface area (Å²) in [5.41, 5.74) is 1.68. The number of hydrogen-bond donors (Lipinski definition) is 1. The van der Waals surface area contributed by atoms with E-state index >= 15 is 0 Å². The number of amides is 2. The Labute approximate surface area is 180 Å². The van der Waals surface area contributed by atoms with Crippen LogP contribution in [-0.4, -0.2) is 29.8 Å². The topological polar surface area (TPSA) is 62.6 Å². The number of carbonyl (C=O) groups is 2. The van der Waals surface area contributed by atoms with Gasteiger partial charge in [-0.3, -0.25) is 9.59 Å². The summed E-state index contributed by atoms with van der Waals surface area (Å²) in [5, 5.41) is 5.93. The number of likely N-dealkylation sites (tertiary alicyclic amines) is 1. The van der Waals surface area contributed by atoms with Crippen LogP contribution in [0.1, 0.15) is 46.6 Å². The number of furan rings is 1. The fraction of sp³-hybridized carbons (Fsp3) is 0.231. The molecule has 5 nitrogen and oxygen atoms in total. The molecule has 31 heavy (non-hydrogen) atoms. The number of fused-ring (bicyclic) bond motifs is 3. The van der Waals surface area contributed by atoms with Crippen LogP contribution in [0.15, 0.2) is 71.1 Å². The van der Waals surface area contributed by atoms with E-state index in [4.69, 9.17) is 4.42 Å². The molecule has 0 bridgehead atoms. The Balaban J connectivity index is 1.43. The summed E-state index contributed by atoms with van der Waals surface area (Å²) in [6.45, 7) is 1.52. The van der Waals surface area contributed by atoms with Crippen LogP contribution in [0, 0.1) is 0 Å². The van der Waals surface area contributed by atoms with Gasteiger partial charge in [-0.25, -0.2) is 0 Å². The lowest BCUT2D eigenvalue weighted by Gasteiger charge is -2.21. The minimum absolute atomic E-state index is 0.0339. The highest BCUT2D eigenvalue weighted by Crippen LogP contribution is 2.29. The second-order valence-corrected chi connectivity index (χ2v) is 8.02. The number of nitrogens with one attached hydrogen (secondary N) is 1. The Morgan fingerprint density at radius 2 is 1.55 bits per heavy atom. The highest BCUT2D eigenvalue weighted by Gasteiger charge is 2.22. The number of hydrogen-bond acceptors (Lipinski definition) is 3. The lowest BCUT2D eigenvalue weighted by Crippen LogP contribution is -2.32. The first-order valence-electron chi connectivity index (χ1n) is 10.8. The maximum Gasteiger partial charge on any atom is 0.291 e. The predicted octanol–water partition coefficient (Wildman–Crippen LogP) is 5.85. The van der Waals surface area contributed by atoms with Gasteiger partial charge in [-0.15, -0.1) is 0 Å². The van der Waals surface area contributed by atoms with Crippen LogP contribution in [0.25, 0.3) is 21.7 Å². The minimum atomic E-state index is -0.364. The molecule has 1 saturated heterocycles. The van der Waals surface area contributed by atoms with Crippen molar-refractivity contribution in [3.05, 3.63) is 78.1 Å². The molecule has 1 aliphatic rings. The molecule has 3 aromatic carbocycles. The fourth-order valence-corrected chi connectivity index (χ4v) is 4.31. The van der Waals surface area contributed by atoms with Gasteiger partial charge >= 0.3 is 0 Å². The third kappa shape index (κ3) is 3.79. The largest absolute Gasteiger partial charge is 0.451 e. The Morgan fingerprint density at radius 1 is 0.806 bits per heavy atom. The smallest absolute Gasteiger partial charge is 0.291 e. The summed E-state index contributed by atoms with van der Waals surface area (Å²) in [5.74, 6) is -0.173. The Bertz CT molecular complexity index is 1270. The lowest BCUT2D eigenvalue weighted by molar-refractivity contribution is 0.0762. The SMILES string of the molecule is O=C(Nc1ccccc1C(=O)N1CCCCCC1)c1cc2c(ccc3ccccc32)o1. The van der Waals surface area contributed by atoms with Gasteiger partial charge in [0.15, 0.2) is 5.76 Å². The van der Waals surface area contributed by atoms with Gasteiger partial charge in [0.05, 0.1) is 11.3 Å². The Hall–Kier alpha value is -3.60. The standard InChI is InChI=1S/C26H24N2O3/c29-25(24-17-21-19-10-4-3-9-18(19)13-14-23(21)31-24)27-22-12-6-5-11-20(22)26(30)28-15-7-1-2-8-16-28/h3-6,9-14,17H,1-2,7-8,15-16H2,(H,27,29). The van der Waals surface area contributed by atoms with Gasteiger partial charge in [0.25, 0.3) is 11.8 Å². The highest BCUT2D eigenvalue weighted by atomic mass is 16.3. The third-order valence-electron chi connectivity index (χ3n) is 5.95. The van der Waals surface area contributed by atoms with Crippen LogP contribution >= 0.6 is 0 Å². The number of nitrogens with zero attached hydrogens (tertiary/aromatic N) is 1. The summed E-state index contributed by atoms with van der Waals surface area (Å²) < 4.78 is 5.84. The highest BCUT2D eigenvalue weighted by molar-refractivity contribution is 6.12. The van der Waals surface area contributed by atoms with Gasteiger partial charge in [0, 0.05) is 18.5 Å². The maximum absolute atomic E-state index is 13.1. The molecule has 0 spiro atoms. The normalized spacial score (nSPS) is 14.5. The van der Waals surface area contributed by atoms with Crippen molar-refractivity contribution in [2.24, 2.45) is 0 Å². The van der Waals surface area contributed by atoms with Crippen LogP contribution in [0.2, 0.25) is 0 Å². The molecule has 2 amide bonds. The molecule has 0 radical (unpaired) electrons. The number of carbonyl (C=O) groups excluding carboxylic acids is 2. The van der Waals surface area contributed by atoms with Gasteiger partial charge in [0.1, 0.15) is 5.58 Å². The van der Waals surface area contributed by atoms with E-state index in [-0.39, 0.29) is 17.6 Å². The second-order valence-electron chi connectivity index (χ2n) is 8.02. The van der Waals surface area contributed by atoms with E-state index in [1.54, 1.807) is 18.2 Å². The van der Waals surface area contributed by atoms with Gasteiger partial charge in [0.2, 0.25) is 0 Å². The monoisotopic (exact) mass is 412 g/mol. The number of anilines is 1. The molecular formula is C26H24N2O3. The molecule has 0 aliphatic carbocycles. The molecule has 1 fully saturated rings. The first-order valence-corrected chi connectivity index (χ1v) is 10.8. The summed E-state index contributed by atoms with van der Waals surface area (Å²) in [4.78, 5) is 28.0. The van der Waals surface area contributed by atoms with Crippen LogP contribution in [-0.2, 0) is 0 Å². The Kier molecular flexibility index (Phi) is 5.16. The number of benzene rings is 3. The summed E-state index contributed by atoms with van der Waals surface area (Å²) in [7, 11) is 0. The van der Waals surface area contributed by atoms with Crippen molar-refractivity contribution < 1.29 is 14.0 Å². The van der Waals surface area contributed by atoms with Crippen LogP contribution in [0.5, 0.6) is 0 Å². The van der Waals surface area contributed by atoms with E-state index in [0.717, 1.165) is 54.9 Å². The molecule has 0 saturated carbocycles. The first-order chi connectivity index (χ1) is 15.2. The third-order valence-corrected chi connectivity index (χ3v) is 5.95. The zero-order chi connectivity index (χ0) is 21.2. The predicted molar refractivity (Wildman–Crippen MR) is 122 cm³/mol. The van der Waals surface area contributed by atoms with Crippen molar-refractivity contribution in [1.29, 1.82) is 0 Å². The van der Waals surface area contributed by atoms with E-state index < -0.39 is 0 Å². The molecule has 1 N–H and O–H groups in total. The summed E-state index contributed by atoms with van der Waals surface area (Å²) in [6, 6.07) is 20.8. The van der Waals surface area contributed by atoms with Crippen LogP contribution in [0.3, 0.4) is 0 Å². The number of rotatable bonds is 3. The minimum Gasteiger partial charge on any atom is -0.451 e. The van der Waals surface area contributed by atoms with E-state index in [1.807, 2.05) is 53.4 Å². The van der Waals surface area contributed by atoms with Gasteiger partial charge in [-0.2, -0.15) is 0 Å². The van der Waals surface area contributed by atoms with Crippen molar-refractivity contribution in [2.75, 3.05) is 18.4 Å². The Morgan fingerprint density at radius 3 is 2.39 bits per heavy atom. The molecule has 5 heteroatoms. The molecule has 0 atom stereocenters. The molecule has 0 unspecified atom stereocenters. The molecule has 1 aliphatic heterocycles. The number of para-hydroxylation sites is 1. The average molecular weight is 412 g/mol. The van der Waals surface area contributed by atoms with Gasteiger partial charge in [-0.1, -0.05) is 55.3 Å². The summed E-state index contributed by atoms with van der Waals surface area (Å²) in [6.07, 6.45) is 4.35. The van der Waals surface area contributed by atoms with E-state index in [0.29, 0.717) is 16.8 Å². The molecule has 1 aromatic heterocycles. The molecule has 2 heterocycles. The van der Waals surface area contributed by atoms with Gasteiger partial charge in [-0.05, 0) is 47.9 Å². The fourth-order valence-electron chi connectivity index (χ4n) is 4.31. The van der Waals surface area contributed by atoms with Crippen molar-refractivity contribution in [3.63, 3.8) is 0 Å².